The molecular formula is C11H24N2O3S. The first-order valence-electron chi connectivity index (χ1n) is 6.32. The van der Waals surface area contributed by atoms with E-state index >= 15 is 0 Å². The molecule has 1 rings (SSSR count). The molecule has 0 aromatic carbocycles. The Morgan fingerprint density at radius 3 is 2.65 bits per heavy atom. The fourth-order valence-electron chi connectivity index (χ4n) is 1.89. The Morgan fingerprint density at radius 2 is 2.06 bits per heavy atom. The molecule has 1 atom stereocenters. The Bertz CT molecular complexity index is 300. The van der Waals surface area contributed by atoms with Crippen LogP contribution in [0.5, 0.6) is 0 Å². The van der Waals surface area contributed by atoms with Crippen LogP contribution in [0.15, 0.2) is 0 Å². The maximum Gasteiger partial charge on any atom is 0.214 e. The van der Waals surface area contributed by atoms with Gasteiger partial charge in [-0.05, 0) is 38.1 Å². The Kier molecular flexibility index (Phi) is 6.40. The summed E-state index contributed by atoms with van der Waals surface area (Å²) in [5.74, 6) is 0.461. The molecule has 1 fully saturated rings. The normalized spacial score (nSPS) is 20.4. The van der Waals surface area contributed by atoms with Gasteiger partial charge in [-0.3, -0.25) is 0 Å². The minimum atomic E-state index is -3.15. The van der Waals surface area contributed by atoms with Crippen molar-refractivity contribution in [3.05, 3.63) is 0 Å². The van der Waals surface area contributed by atoms with Crippen molar-refractivity contribution in [3.63, 3.8) is 0 Å². The van der Waals surface area contributed by atoms with Crippen LogP contribution in [0.3, 0.4) is 0 Å². The van der Waals surface area contributed by atoms with E-state index in [0.29, 0.717) is 45.1 Å². The lowest BCUT2D eigenvalue weighted by atomic mass is 10.1. The number of nitrogens with one attached hydrogen (secondary N) is 1. The minimum absolute atomic E-state index is 0.275. The summed E-state index contributed by atoms with van der Waals surface area (Å²) < 4.78 is 31.7. The Labute approximate surface area is 104 Å². The van der Waals surface area contributed by atoms with Crippen molar-refractivity contribution in [2.75, 3.05) is 26.3 Å². The molecule has 17 heavy (non-hydrogen) atoms. The van der Waals surface area contributed by atoms with Crippen molar-refractivity contribution in [2.45, 2.75) is 37.9 Å². The van der Waals surface area contributed by atoms with Gasteiger partial charge in [-0.25, -0.2) is 13.1 Å². The summed E-state index contributed by atoms with van der Waals surface area (Å²) in [5, 5.41) is -0.275. The maximum atomic E-state index is 11.9. The third-order valence-electron chi connectivity index (χ3n) is 3.19. The lowest BCUT2D eigenvalue weighted by Gasteiger charge is -2.22. The summed E-state index contributed by atoms with van der Waals surface area (Å²) in [5.41, 5.74) is 5.50. The number of rotatable bonds is 7. The number of nitrogens with two attached hydrogens (primary N) is 1. The van der Waals surface area contributed by atoms with Crippen molar-refractivity contribution in [2.24, 2.45) is 11.7 Å². The van der Waals surface area contributed by atoms with Gasteiger partial charge in [-0.15, -0.1) is 0 Å². The molecule has 1 aliphatic rings. The van der Waals surface area contributed by atoms with Crippen LogP contribution in [0.25, 0.3) is 0 Å². The highest BCUT2D eigenvalue weighted by Gasteiger charge is 2.26. The summed E-state index contributed by atoms with van der Waals surface area (Å²) in [7, 11) is -3.15. The second kappa shape index (κ2) is 7.31. The minimum Gasteiger partial charge on any atom is -0.381 e. The molecule has 1 unspecified atom stereocenters. The maximum absolute atomic E-state index is 11.9. The van der Waals surface area contributed by atoms with Crippen molar-refractivity contribution in [3.8, 4) is 0 Å². The van der Waals surface area contributed by atoms with Crippen molar-refractivity contribution < 1.29 is 13.2 Å². The molecule has 0 amide bonds. The van der Waals surface area contributed by atoms with Gasteiger partial charge in [0.05, 0.1) is 5.25 Å². The van der Waals surface area contributed by atoms with Crippen LogP contribution >= 0.6 is 0 Å². The summed E-state index contributed by atoms with van der Waals surface area (Å²) >= 11 is 0. The molecular weight excluding hydrogens is 240 g/mol. The standard InChI is InChI=1S/C11H24N2O3S/c1-10(9-12)3-2-6-13-17(14,15)11-4-7-16-8-5-11/h10-11,13H,2-9,12H2,1H3. The van der Waals surface area contributed by atoms with E-state index in [1.807, 2.05) is 0 Å². The van der Waals surface area contributed by atoms with Crippen molar-refractivity contribution in [1.82, 2.24) is 4.72 Å². The molecule has 0 saturated carbocycles. The molecule has 3 N–H and O–H groups in total. The molecule has 1 saturated heterocycles. The monoisotopic (exact) mass is 264 g/mol. The molecule has 6 heteroatoms. The number of ether oxygens (including phenoxy) is 1. The SMILES string of the molecule is CC(CN)CCCNS(=O)(=O)C1CCOCC1. The van der Waals surface area contributed by atoms with E-state index in [1.54, 1.807) is 0 Å². The highest BCUT2D eigenvalue weighted by Crippen LogP contribution is 2.14. The highest BCUT2D eigenvalue weighted by molar-refractivity contribution is 7.90. The second-order valence-corrected chi connectivity index (χ2v) is 6.78. The number of hydrogen-bond donors (Lipinski definition) is 2. The Balaban J connectivity index is 2.24. The van der Waals surface area contributed by atoms with Gasteiger partial charge in [0.2, 0.25) is 10.0 Å². The topological polar surface area (TPSA) is 81.4 Å². The number of hydrogen-bond acceptors (Lipinski definition) is 4. The first-order valence-corrected chi connectivity index (χ1v) is 7.87. The Morgan fingerprint density at radius 1 is 1.41 bits per heavy atom. The van der Waals surface area contributed by atoms with Gasteiger partial charge < -0.3 is 10.5 Å². The van der Waals surface area contributed by atoms with Crippen LogP contribution in [0.2, 0.25) is 0 Å². The first-order chi connectivity index (χ1) is 8.06. The largest absolute Gasteiger partial charge is 0.381 e. The van der Waals surface area contributed by atoms with Gasteiger partial charge in [0, 0.05) is 19.8 Å². The Hall–Kier alpha value is -0.170. The van der Waals surface area contributed by atoms with Gasteiger partial charge >= 0.3 is 0 Å². The average Bonchev–Trinajstić information content (AvgIpc) is 2.35. The first kappa shape index (κ1) is 14.9. The van der Waals surface area contributed by atoms with Crippen LogP contribution in [-0.4, -0.2) is 40.0 Å². The zero-order chi connectivity index (χ0) is 12.7. The van der Waals surface area contributed by atoms with Gasteiger partial charge in [-0.1, -0.05) is 6.92 Å². The van der Waals surface area contributed by atoms with E-state index < -0.39 is 10.0 Å². The van der Waals surface area contributed by atoms with Crippen LogP contribution in [-0.2, 0) is 14.8 Å². The van der Waals surface area contributed by atoms with E-state index in [2.05, 4.69) is 11.6 Å². The van der Waals surface area contributed by atoms with E-state index in [0.717, 1.165) is 12.8 Å². The smallest absolute Gasteiger partial charge is 0.214 e. The second-order valence-electron chi connectivity index (χ2n) is 4.73. The van der Waals surface area contributed by atoms with E-state index in [4.69, 9.17) is 10.5 Å². The molecule has 0 bridgehead atoms. The predicted octanol–water partition coefficient (Wildman–Crippen LogP) is 0.460. The third-order valence-corrected chi connectivity index (χ3v) is 5.14. The summed E-state index contributed by atoms with van der Waals surface area (Å²) in [6, 6.07) is 0. The third kappa shape index (κ3) is 5.33. The van der Waals surface area contributed by atoms with E-state index in [9.17, 15) is 8.42 Å². The predicted molar refractivity (Wildman–Crippen MR) is 68.2 cm³/mol. The van der Waals surface area contributed by atoms with Crippen molar-refractivity contribution in [1.29, 1.82) is 0 Å². The fraction of sp³-hybridized carbons (Fsp3) is 1.00. The fourth-order valence-corrected chi connectivity index (χ4v) is 3.36. The van der Waals surface area contributed by atoms with E-state index in [-0.39, 0.29) is 5.25 Å². The molecule has 0 aromatic heterocycles. The van der Waals surface area contributed by atoms with Crippen LogP contribution in [0.1, 0.15) is 32.6 Å². The lowest BCUT2D eigenvalue weighted by molar-refractivity contribution is 0.0981. The van der Waals surface area contributed by atoms with Gasteiger partial charge in [0.25, 0.3) is 0 Å². The number of sulfonamides is 1. The molecule has 5 nitrogen and oxygen atoms in total. The van der Waals surface area contributed by atoms with Gasteiger partial charge in [0.15, 0.2) is 0 Å². The molecule has 0 radical (unpaired) electrons. The van der Waals surface area contributed by atoms with Gasteiger partial charge in [0.1, 0.15) is 0 Å². The highest BCUT2D eigenvalue weighted by atomic mass is 32.2. The molecule has 0 aromatic rings. The zero-order valence-corrected chi connectivity index (χ0v) is 11.3. The van der Waals surface area contributed by atoms with Crippen LogP contribution in [0, 0.1) is 5.92 Å². The van der Waals surface area contributed by atoms with Gasteiger partial charge in [-0.2, -0.15) is 0 Å². The molecule has 0 spiro atoms. The zero-order valence-electron chi connectivity index (χ0n) is 10.5. The average molecular weight is 264 g/mol. The quantitative estimate of drug-likeness (QED) is 0.655. The lowest BCUT2D eigenvalue weighted by Crippen LogP contribution is -2.38. The summed E-state index contributed by atoms with van der Waals surface area (Å²) in [4.78, 5) is 0. The molecule has 1 aliphatic heterocycles. The van der Waals surface area contributed by atoms with E-state index in [1.165, 1.54) is 0 Å². The summed E-state index contributed by atoms with van der Waals surface area (Å²) in [6.45, 7) is 4.36. The molecule has 0 aliphatic carbocycles. The van der Waals surface area contributed by atoms with Crippen LogP contribution in [0.4, 0.5) is 0 Å². The summed E-state index contributed by atoms with van der Waals surface area (Å²) in [6.07, 6.45) is 3.02. The van der Waals surface area contributed by atoms with Crippen molar-refractivity contribution >= 4 is 10.0 Å². The molecule has 102 valence electrons. The van der Waals surface area contributed by atoms with Crippen LogP contribution < -0.4 is 10.5 Å². The molecule has 1 heterocycles.